The van der Waals surface area contributed by atoms with Gasteiger partial charge in [-0.2, -0.15) is 0 Å². The van der Waals surface area contributed by atoms with Gasteiger partial charge in [0.1, 0.15) is 17.8 Å². The lowest BCUT2D eigenvalue weighted by Crippen LogP contribution is -2.47. The third-order valence-electron chi connectivity index (χ3n) is 5.97. The SMILES string of the molecule is COc1ccc(C)cc1Nc1ncnc(N2CCN(c3cccc(C)c3C)CC2)c1N. The van der Waals surface area contributed by atoms with Crippen molar-refractivity contribution in [2.75, 3.05) is 54.1 Å². The van der Waals surface area contributed by atoms with Gasteiger partial charge in [0.25, 0.3) is 0 Å². The number of nitrogens with zero attached hydrogens (tertiary/aromatic N) is 4. The van der Waals surface area contributed by atoms with Crippen molar-refractivity contribution < 1.29 is 4.74 Å². The number of hydrogen-bond acceptors (Lipinski definition) is 7. The van der Waals surface area contributed by atoms with Gasteiger partial charge in [-0.25, -0.2) is 9.97 Å². The second-order valence-electron chi connectivity index (χ2n) is 7.98. The topological polar surface area (TPSA) is 79.5 Å². The summed E-state index contributed by atoms with van der Waals surface area (Å²) < 4.78 is 5.47. The van der Waals surface area contributed by atoms with Crippen LogP contribution < -0.4 is 25.6 Å². The van der Waals surface area contributed by atoms with Gasteiger partial charge >= 0.3 is 0 Å². The molecular weight excluding hydrogens is 388 g/mol. The Morgan fingerprint density at radius 1 is 0.968 bits per heavy atom. The molecule has 3 aromatic rings. The van der Waals surface area contributed by atoms with E-state index in [0.29, 0.717) is 11.5 Å². The van der Waals surface area contributed by atoms with Gasteiger partial charge < -0.3 is 25.6 Å². The summed E-state index contributed by atoms with van der Waals surface area (Å²) in [6.07, 6.45) is 1.56. The van der Waals surface area contributed by atoms with Crippen molar-refractivity contribution in [1.29, 1.82) is 0 Å². The zero-order chi connectivity index (χ0) is 22.0. The zero-order valence-corrected chi connectivity index (χ0v) is 18.6. The van der Waals surface area contributed by atoms with Crippen LogP contribution in [0.5, 0.6) is 5.75 Å². The lowest BCUT2D eigenvalue weighted by molar-refractivity contribution is 0.416. The van der Waals surface area contributed by atoms with Gasteiger partial charge in [-0.1, -0.05) is 18.2 Å². The van der Waals surface area contributed by atoms with Gasteiger partial charge in [-0.3, -0.25) is 0 Å². The Balaban J connectivity index is 1.52. The molecule has 0 atom stereocenters. The van der Waals surface area contributed by atoms with Crippen molar-refractivity contribution in [3.05, 3.63) is 59.4 Å². The van der Waals surface area contributed by atoms with Gasteiger partial charge in [0.2, 0.25) is 0 Å². The monoisotopic (exact) mass is 418 g/mol. The molecule has 31 heavy (non-hydrogen) atoms. The van der Waals surface area contributed by atoms with E-state index in [1.54, 1.807) is 13.4 Å². The van der Waals surface area contributed by atoms with Crippen molar-refractivity contribution in [3.63, 3.8) is 0 Å². The van der Waals surface area contributed by atoms with Gasteiger partial charge in [-0.05, 0) is 55.7 Å². The molecule has 4 rings (SSSR count). The maximum Gasteiger partial charge on any atom is 0.159 e. The van der Waals surface area contributed by atoms with Crippen LogP contribution in [-0.2, 0) is 0 Å². The number of ether oxygens (including phenoxy) is 1. The van der Waals surface area contributed by atoms with E-state index in [0.717, 1.165) is 49.0 Å². The highest BCUT2D eigenvalue weighted by Gasteiger charge is 2.22. The number of anilines is 5. The largest absolute Gasteiger partial charge is 0.495 e. The quantitative estimate of drug-likeness (QED) is 0.647. The Morgan fingerprint density at radius 3 is 2.45 bits per heavy atom. The average molecular weight is 419 g/mol. The molecule has 1 aliphatic rings. The minimum atomic E-state index is 0.547. The molecule has 0 unspecified atom stereocenters. The van der Waals surface area contributed by atoms with E-state index in [4.69, 9.17) is 10.5 Å². The lowest BCUT2D eigenvalue weighted by Gasteiger charge is -2.38. The van der Waals surface area contributed by atoms with E-state index in [1.165, 1.54) is 16.8 Å². The minimum Gasteiger partial charge on any atom is -0.495 e. The molecule has 0 aliphatic carbocycles. The molecule has 2 heterocycles. The van der Waals surface area contributed by atoms with Crippen LogP contribution in [0.2, 0.25) is 0 Å². The molecular formula is C24H30N6O. The molecule has 0 saturated carbocycles. The Bertz CT molecular complexity index is 1080. The Hall–Kier alpha value is -3.48. The number of hydrogen-bond donors (Lipinski definition) is 2. The summed E-state index contributed by atoms with van der Waals surface area (Å²) >= 11 is 0. The second-order valence-corrected chi connectivity index (χ2v) is 7.98. The standard InChI is InChI=1S/C24H30N6O/c1-16-8-9-21(31-4)19(14-16)28-23-22(25)24(27-15-26-23)30-12-10-29(11-13-30)20-7-5-6-17(2)18(20)3/h5-9,14-15H,10-13,25H2,1-4H3,(H,26,27,28). The number of aryl methyl sites for hydroxylation is 2. The average Bonchev–Trinajstić information content (AvgIpc) is 2.77. The fourth-order valence-electron chi connectivity index (χ4n) is 4.02. The minimum absolute atomic E-state index is 0.547. The normalized spacial score (nSPS) is 13.9. The first kappa shape index (κ1) is 20.8. The van der Waals surface area contributed by atoms with Gasteiger partial charge in [0.05, 0.1) is 12.8 Å². The Kier molecular flexibility index (Phi) is 5.84. The number of rotatable bonds is 5. The Labute approximate surface area is 183 Å². The highest BCUT2D eigenvalue weighted by Crippen LogP contribution is 2.33. The maximum atomic E-state index is 6.50. The van der Waals surface area contributed by atoms with Crippen LogP contribution in [-0.4, -0.2) is 43.3 Å². The lowest BCUT2D eigenvalue weighted by atomic mass is 10.1. The molecule has 2 aromatic carbocycles. The smallest absolute Gasteiger partial charge is 0.159 e. The van der Waals surface area contributed by atoms with Gasteiger partial charge in [-0.15, -0.1) is 0 Å². The molecule has 0 bridgehead atoms. The summed E-state index contributed by atoms with van der Waals surface area (Å²) in [4.78, 5) is 13.5. The fraction of sp³-hybridized carbons (Fsp3) is 0.333. The fourth-order valence-corrected chi connectivity index (χ4v) is 4.02. The molecule has 1 aliphatic heterocycles. The highest BCUT2D eigenvalue weighted by atomic mass is 16.5. The molecule has 0 amide bonds. The van der Waals surface area contributed by atoms with Crippen LogP contribution in [0.3, 0.4) is 0 Å². The van der Waals surface area contributed by atoms with Crippen LogP contribution in [0.15, 0.2) is 42.7 Å². The van der Waals surface area contributed by atoms with E-state index in [9.17, 15) is 0 Å². The summed E-state index contributed by atoms with van der Waals surface area (Å²) in [7, 11) is 1.65. The molecule has 7 heteroatoms. The molecule has 0 spiro atoms. The van der Waals surface area contributed by atoms with Gasteiger partial charge in [0.15, 0.2) is 11.6 Å². The van der Waals surface area contributed by atoms with Crippen molar-refractivity contribution >= 4 is 28.7 Å². The summed E-state index contributed by atoms with van der Waals surface area (Å²) in [6, 6.07) is 12.5. The number of methoxy groups -OCH3 is 1. The number of benzene rings is 2. The number of nitrogen functional groups attached to an aromatic ring is 1. The van der Waals surface area contributed by atoms with Crippen LogP contribution in [0.25, 0.3) is 0 Å². The molecule has 7 nitrogen and oxygen atoms in total. The highest BCUT2D eigenvalue weighted by molar-refractivity contribution is 5.80. The predicted octanol–water partition coefficient (Wildman–Crippen LogP) is 4.06. The number of nitrogens with two attached hydrogens (primary N) is 1. The molecule has 1 aromatic heterocycles. The number of piperazine rings is 1. The summed E-state index contributed by atoms with van der Waals surface area (Å²) in [5.74, 6) is 2.10. The summed E-state index contributed by atoms with van der Waals surface area (Å²) in [5, 5.41) is 3.32. The predicted molar refractivity (Wildman–Crippen MR) is 128 cm³/mol. The van der Waals surface area contributed by atoms with Crippen LogP contribution >= 0.6 is 0 Å². The third-order valence-corrected chi connectivity index (χ3v) is 5.97. The van der Waals surface area contributed by atoms with E-state index in [1.807, 2.05) is 25.1 Å². The van der Waals surface area contributed by atoms with Crippen molar-refractivity contribution in [3.8, 4) is 5.75 Å². The van der Waals surface area contributed by atoms with Gasteiger partial charge in [0, 0.05) is 31.9 Å². The van der Waals surface area contributed by atoms with Crippen molar-refractivity contribution in [2.24, 2.45) is 0 Å². The zero-order valence-electron chi connectivity index (χ0n) is 18.6. The van der Waals surface area contributed by atoms with E-state index in [-0.39, 0.29) is 0 Å². The maximum absolute atomic E-state index is 6.50. The number of nitrogens with one attached hydrogen (secondary N) is 1. The summed E-state index contributed by atoms with van der Waals surface area (Å²) in [6.45, 7) is 9.92. The molecule has 1 saturated heterocycles. The van der Waals surface area contributed by atoms with Crippen molar-refractivity contribution in [2.45, 2.75) is 20.8 Å². The third kappa shape index (κ3) is 4.21. The Morgan fingerprint density at radius 2 is 1.71 bits per heavy atom. The van der Waals surface area contributed by atoms with Crippen LogP contribution in [0.4, 0.5) is 28.7 Å². The molecule has 3 N–H and O–H groups in total. The van der Waals surface area contributed by atoms with Crippen molar-refractivity contribution in [1.82, 2.24) is 9.97 Å². The summed E-state index contributed by atoms with van der Waals surface area (Å²) in [5.41, 5.74) is 13.0. The van der Waals surface area contributed by atoms with E-state index in [2.05, 4.69) is 57.1 Å². The second kappa shape index (κ2) is 8.71. The van der Waals surface area contributed by atoms with Crippen LogP contribution in [0, 0.1) is 20.8 Å². The molecule has 1 fully saturated rings. The van der Waals surface area contributed by atoms with Crippen LogP contribution in [0.1, 0.15) is 16.7 Å². The first-order valence-corrected chi connectivity index (χ1v) is 10.6. The van der Waals surface area contributed by atoms with E-state index >= 15 is 0 Å². The first-order chi connectivity index (χ1) is 15.0. The molecule has 162 valence electrons. The van der Waals surface area contributed by atoms with E-state index < -0.39 is 0 Å². The molecule has 0 radical (unpaired) electrons. The first-order valence-electron chi connectivity index (χ1n) is 10.6. The number of aromatic nitrogens is 2.